The summed E-state index contributed by atoms with van der Waals surface area (Å²) >= 11 is 1.76. The molecule has 2 unspecified atom stereocenters. The number of thioether (sulfide) groups is 2. The van der Waals surface area contributed by atoms with Crippen molar-refractivity contribution < 1.29 is 35.8 Å². The zero-order valence-corrected chi connectivity index (χ0v) is 17.3. The van der Waals surface area contributed by atoms with Crippen molar-refractivity contribution in [2.45, 2.75) is 55.3 Å². The van der Waals surface area contributed by atoms with Crippen molar-refractivity contribution in [3.8, 4) is 0 Å². The van der Waals surface area contributed by atoms with Gasteiger partial charge < -0.3 is 9.47 Å². The van der Waals surface area contributed by atoms with Crippen LogP contribution in [0.25, 0.3) is 0 Å². The van der Waals surface area contributed by atoms with E-state index >= 15 is 0 Å². The summed E-state index contributed by atoms with van der Waals surface area (Å²) in [5.74, 6) is -16.0. The first-order valence-electron chi connectivity index (χ1n) is 8.74. The lowest BCUT2D eigenvalue weighted by atomic mass is 9.87. The first-order valence-corrected chi connectivity index (χ1v) is 10.4. The molecule has 4 nitrogen and oxygen atoms in total. The van der Waals surface area contributed by atoms with E-state index in [2.05, 4.69) is 9.98 Å². The molecule has 0 aromatic rings. The normalized spacial score (nSPS) is 36.1. The fourth-order valence-corrected chi connectivity index (χ4v) is 6.84. The zero-order valence-electron chi connectivity index (χ0n) is 15.7. The molecule has 1 saturated carbocycles. The Bertz CT molecular complexity index is 857. The minimum atomic E-state index is -5.65. The van der Waals surface area contributed by atoms with Crippen LogP contribution in [0.3, 0.4) is 0 Å². The fraction of sp³-hybridized carbons (Fsp3) is 0.647. The molecular formula is C17H16F6N2O2S2. The number of rotatable bonds is 4. The van der Waals surface area contributed by atoms with Crippen molar-refractivity contribution >= 4 is 33.6 Å². The zero-order chi connectivity index (χ0) is 21.6. The summed E-state index contributed by atoms with van der Waals surface area (Å²) < 4.78 is 99.8. The van der Waals surface area contributed by atoms with Crippen molar-refractivity contribution in [3.05, 3.63) is 22.5 Å². The van der Waals surface area contributed by atoms with Gasteiger partial charge in [0.1, 0.15) is 0 Å². The highest BCUT2D eigenvalue weighted by Crippen LogP contribution is 2.73. The molecule has 0 saturated heterocycles. The van der Waals surface area contributed by atoms with Crippen LogP contribution in [0, 0.1) is 0 Å². The van der Waals surface area contributed by atoms with E-state index in [9.17, 15) is 26.3 Å². The average molecular weight is 458 g/mol. The highest BCUT2D eigenvalue weighted by molar-refractivity contribution is 8.19. The van der Waals surface area contributed by atoms with Crippen LogP contribution in [0.15, 0.2) is 32.5 Å². The van der Waals surface area contributed by atoms with Gasteiger partial charge in [-0.2, -0.15) is 26.3 Å². The molecule has 0 aromatic heterocycles. The maximum atomic E-state index is 14.8. The Morgan fingerprint density at radius 1 is 0.724 bits per heavy atom. The highest BCUT2D eigenvalue weighted by atomic mass is 32.2. The molecule has 0 aromatic carbocycles. The van der Waals surface area contributed by atoms with E-state index in [4.69, 9.17) is 9.47 Å². The smallest absolute Gasteiger partial charge is 0.354 e. The molecule has 0 radical (unpaired) electrons. The maximum Gasteiger partial charge on any atom is 0.380 e. The molecule has 2 atom stereocenters. The van der Waals surface area contributed by atoms with Gasteiger partial charge in [0, 0.05) is 13.2 Å². The monoisotopic (exact) mass is 458 g/mol. The largest absolute Gasteiger partial charge is 0.380 e. The molecule has 2 aliphatic heterocycles. The summed E-state index contributed by atoms with van der Waals surface area (Å²) in [5, 5.41) is 0.417. The van der Waals surface area contributed by atoms with Crippen molar-refractivity contribution in [1.29, 1.82) is 0 Å². The average Bonchev–Trinajstić information content (AvgIpc) is 3.13. The number of hydrogen-bond donors (Lipinski definition) is 0. The Morgan fingerprint density at radius 2 is 1.07 bits per heavy atom. The second-order valence-electron chi connectivity index (χ2n) is 6.74. The Kier molecular flexibility index (Phi) is 4.43. The lowest BCUT2D eigenvalue weighted by Gasteiger charge is -2.47. The van der Waals surface area contributed by atoms with Gasteiger partial charge in [-0.3, -0.25) is 0 Å². The Labute approximate surface area is 170 Å². The molecule has 1 fully saturated rings. The van der Waals surface area contributed by atoms with Crippen LogP contribution < -0.4 is 0 Å². The summed E-state index contributed by atoms with van der Waals surface area (Å²) in [6, 6.07) is 0. The van der Waals surface area contributed by atoms with Crippen LogP contribution in [-0.2, 0) is 9.47 Å². The summed E-state index contributed by atoms with van der Waals surface area (Å²) in [5.41, 5.74) is -4.36. The van der Waals surface area contributed by atoms with E-state index in [0.717, 1.165) is 23.5 Å². The van der Waals surface area contributed by atoms with Crippen LogP contribution >= 0.6 is 23.5 Å². The Balaban J connectivity index is 2.20. The van der Waals surface area contributed by atoms with Gasteiger partial charge in [-0.25, -0.2) is 9.98 Å². The molecule has 2 heterocycles. The third-order valence-electron chi connectivity index (χ3n) is 5.01. The van der Waals surface area contributed by atoms with Gasteiger partial charge in [-0.15, -0.1) is 0 Å². The summed E-state index contributed by atoms with van der Waals surface area (Å²) in [7, 11) is 0. The van der Waals surface area contributed by atoms with Crippen LogP contribution in [0.4, 0.5) is 26.3 Å². The predicted octanol–water partition coefficient (Wildman–Crippen LogP) is 5.22. The van der Waals surface area contributed by atoms with Gasteiger partial charge in [0.05, 0.1) is 32.6 Å². The fourth-order valence-electron chi connectivity index (χ4n) is 4.06. The first-order chi connectivity index (χ1) is 13.3. The minimum absolute atomic E-state index is 0.0258. The molecule has 0 amide bonds. The molecule has 0 bridgehead atoms. The van der Waals surface area contributed by atoms with Gasteiger partial charge in [-0.1, -0.05) is 23.5 Å². The van der Waals surface area contributed by atoms with Crippen LogP contribution in [0.5, 0.6) is 0 Å². The molecule has 0 spiro atoms. The van der Waals surface area contributed by atoms with E-state index in [1.54, 1.807) is 13.8 Å². The second-order valence-corrected chi connectivity index (χ2v) is 9.48. The third-order valence-corrected chi connectivity index (χ3v) is 7.69. The molecule has 12 heteroatoms. The lowest BCUT2D eigenvalue weighted by Crippen LogP contribution is -2.56. The van der Waals surface area contributed by atoms with E-state index in [-0.39, 0.29) is 23.3 Å². The van der Waals surface area contributed by atoms with Crippen molar-refractivity contribution in [2.24, 2.45) is 9.98 Å². The van der Waals surface area contributed by atoms with Crippen LogP contribution in [0.1, 0.15) is 27.7 Å². The van der Waals surface area contributed by atoms with E-state index in [1.165, 1.54) is 13.8 Å². The van der Waals surface area contributed by atoms with E-state index in [0.29, 0.717) is 0 Å². The minimum Gasteiger partial charge on any atom is -0.354 e. The molecular weight excluding hydrogens is 442 g/mol. The van der Waals surface area contributed by atoms with Crippen LogP contribution in [-0.4, -0.2) is 50.9 Å². The molecule has 160 valence electrons. The number of nitrogens with zero attached hydrogens (tertiary/aromatic N) is 2. The lowest BCUT2D eigenvalue weighted by molar-refractivity contribution is -0.258. The molecule has 4 aliphatic rings. The van der Waals surface area contributed by atoms with E-state index < -0.39 is 50.2 Å². The van der Waals surface area contributed by atoms with Gasteiger partial charge in [-0.05, 0) is 27.7 Å². The number of alkyl halides is 6. The highest BCUT2D eigenvalue weighted by Gasteiger charge is 2.86. The third kappa shape index (κ3) is 2.18. The number of ether oxygens (including phenoxy) is 2. The molecule has 29 heavy (non-hydrogen) atoms. The number of allylic oxidation sites excluding steroid dienone is 2. The van der Waals surface area contributed by atoms with Gasteiger partial charge in [0.25, 0.3) is 0 Å². The van der Waals surface area contributed by atoms with E-state index in [1.807, 2.05) is 0 Å². The van der Waals surface area contributed by atoms with Gasteiger partial charge >= 0.3 is 17.8 Å². The van der Waals surface area contributed by atoms with Crippen molar-refractivity contribution in [1.82, 2.24) is 0 Å². The molecule has 2 aliphatic carbocycles. The van der Waals surface area contributed by atoms with Crippen LogP contribution in [0.2, 0.25) is 0 Å². The summed E-state index contributed by atoms with van der Waals surface area (Å²) in [6.07, 6.45) is 0. The number of hydrogen-bond acceptors (Lipinski definition) is 6. The van der Waals surface area contributed by atoms with Crippen molar-refractivity contribution in [3.63, 3.8) is 0 Å². The quantitative estimate of drug-likeness (QED) is 0.542. The number of halogens is 6. The van der Waals surface area contributed by atoms with Gasteiger partial charge in [0.2, 0.25) is 9.87 Å². The standard InChI is InChI=1S/C17H16F6N2O2S2/c1-5-26-15-11(24-7(3)28-15)9-10(14(20,21)17(22,23)13(9,18)19)12-16(15,27-6-2)29-8(4)25-12/h5-6H2,1-4H3. The predicted molar refractivity (Wildman–Crippen MR) is 99.0 cm³/mol. The topological polar surface area (TPSA) is 43.2 Å². The maximum absolute atomic E-state index is 14.8. The van der Waals surface area contributed by atoms with Crippen molar-refractivity contribution in [2.75, 3.05) is 13.2 Å². The molecule has 4 rings (SSSR count). The SMILES string of the molecule is CCOC12SC(C)=NC1=C1C(=C3N=C(C)SC32OCC)C(F)(F)C(F)(F)C1(F)F. The second kappa shape index (κ2) is 6.04. The number of fused-ring (bicyclic) bond motifs is 4. The Hall–Kier alpha value is -0.980. The summed E-state index contributed by atoms with van der Waals surface area (Å²) in [4.78, 5) is 4.27. The van der Waals surface area contributed by atoms with Gasteiger partial charge in [0.15, 0.2) is 0 Å². The summed E-state index contributed by atoms with van der Waals surface area (Å²) in [6.45, 7) is 6.03. The first kappa shape index (κ1) is 21.3. The Morgan fingerprint density at radius 3 is 1.38 bits per heavy atom. The number of aliphatic imine (C=N–C) groups is 2. The molecule has 0 N–H and O–H groups in total.